The lowest BCUT2D eigenvalue weighted by Gasteiger charge is -2.34. The zero-order chi connectivity index (χ0) is 16.9. The average Bonchev–Trinajstić information content (AvgIpc) is 2.99. The van der Waals surface area contributed by atoms with Gasteiger partial charge in [-0.2, -0.15) is 0 Å². The molecule has 1 aliphatic heterocycles. The quantitative estimate of drug-likeness (QED) is 0.777. The summed E-state index contributed by atoms with van der Waals surface area (Å²) in [5.41, 5.74) is 0.930. The summed E-state index contributed by atoms with van der Waals surface area (Å²) in [6, 6.07) is 8.17. The fourth-order valence-electron chi connectivity index (χ4n) is 2.64. The highest BCUT2D eigenvalue weighted by molar-refractivity contribution is 8.00. The molecule has 0 N–H and O–H groups in total. The Bertz CT molecular complexity index is 681. The summed E-state index contributed by atoms with van der Waals surface area (Å²) in [7, 11) is 0. The van der Waals surface area contributed by atoms with Crippen LogP contribution in [0.2, 0.25) is 0 Å². The highest BCUT2D eigenvalue weighted by Crippen LogP contribution is 2.19. The highest BCUT2D eigenvalue weighted by atomic mass is 32.2. The molecule has 0 spiro atoms. The summed E-state index contributed by atoms with van der Waals surface area (Å²) >= 11 is 1.44. The summed E-state index contributed by atoms with van der Waals surface area (Å²) in [6.45, 7) is 5.74. The van der Waals surface area contributed by atoms with Gasteiger partial charge in [-0.15, -0.1) is 11.8 Å². The van der Waals surface area contributed by atoms with E-state index in [2.05, 4.69) is 10.1 Å². The topological polar surface area (TPSA) is 49.6 Å². The maximum atomic E-state index is 12.9. The molecule has 0 unspecified atom stereocenters. The Morgan fingerprint density at radius 3 is 2.58 bits per heavy atom. The summed E-state index contributed by atoms with van der Waals surface area (Å²) in [4.78, 5) is 17.4. The lowest BCUT2D eigenvalue weighted by molar-refractivity contribution is -0.130. The Hall–Kier alpha value is -1.86. The Morgan fingerprint density at radius 1 is 1.25 bits per heavy atom. The van der Waals surface area contributed by atoms with Crippen LogP contribution in [-0.4, -0.2) is 52.8 Å². The molecule has 1 saturated heterocycles. The number of thioether (sulfide) groups is 1. The average molecular weight is 349 g/mol. The van der Waals surface area contributed by atoms with E-state index in [1.807, 2.05) is 17.9 Å². The van der Waals surface area contributed by atoms with Gasteiger partial charge in [-0.1, -0.05) is 5.16 Å². The van der Waals surface area contributed by atoms with Gasteiger partial charge < -0.3 is 9.42 Å². The maximum absolute atomic E-state index is 12.9. The predicted octanol–water partition coefficient (Wildman–Crippen LogP) is 2.56. The van der Waals surface area contributed by atoms with E-state index in [1.165, 1.54) is 23.9 Å². The van der Waals surface area contributed by atoms with Crippen LogP contribution in [0, 0.1) is 12.7 Å². The number of carbonyl (C=O) groups is 1. The molecule has 1 aromatic carbocycles. The zero-order valence-corrected chi connectivity index (χ0v) is 14.4. The Balaban J connectivity index is 1.42. The van der Waals surface area contributed by atoms with Gasteiger partial charge in [0.05, 0.1) is 11.4 Å². The number of amides is 1. The molecule has 1 aliphatic rings. The van der Waals surface area contributed by atoms with E-state index in [0.29, 0.717) is 5.75 Å². The Labute approximate surface area is 144 Å². The fraction of sp³-hybridized carbons (Fsp3) is 0.412. The molecule has 0 saturated carbocycles. The first kappa shape index (κ1) is 17.0. The number of halogens is 1. The summed E-state index contributed by atoms with van der Waals surface area (Å²) < 4.78 is 18.0. The van der Waals surface area contributed by atoms with Crippen LogP contribution in [0.25, 0.3) is 0 Å². The number of aromatic nitrogens is 1. The molecule has 1 amide bonds. The van der Waals surface area contributed by atoms with Crippen molar-refractivity contribution in [1.82, 2.24) is 15.0 Å². The van der Waals surface area contributed by atoms with Crippen LogP contribution < -0.4 is 0 Å². The van der Waals surface area contributed by atoms with E-state index < -0.39 is 0 Å². The predicted molar refractivity (Wildman–Crippen MR) is 90.2 cm³/mol. The minimum Gasteiger partial charge on any atom is -0.361 e. The second-order valence-electron chi connectivity index (χ2n) is 5.83. The van der Waals surface area contributed by atoms with Crippen LogP contribution >= 0.6 is 11.8 Å². The van der Waals surface area contributed by atoms with Gasteiger partial charge in [-0.3, -0.25) is 9.69 Å². The van der Waals surface area contributed by atoms with Crippen molar-refractivity contribution >= 4 is 17.7 Å². The largest absolute Gasteiger partial charge is 0.361 e. The number of rotatable bonds is 5. The third-order valence-corrected chi connectivity index (χ3v) is 4.96. The van der Waals surface area contributed by atoms with Crippen LogP contribution in [0.15, 0.2) is 39.8 Å². The molecule has 2 aromatic rings. The van der Waals surface area contributed by atoms with E-state index in [1.54, 1.807) is 12.1 Å². The van der Waals surface area contributed by atoms with Crippen molar-refractivity contribution in [3.63, 3.8) is 0 Å². The number of benzene rings is 1. The van der Waals surface area contributed by atoms with Crippen LogP contribution in [-0.2, 0) is 11.3 Å². The number of piperazine rings is 1. The molecule has 0 atom stereocenters. The van der Waals surface area contributed by atoms with Crippen molar-refractivity contribution in [3.05, 3.63) is 47.6 Å². The minimum atomic E-state index is -0.260. The van der Waals surface area contributed by atoms with Crippen molar-refractivity contribution < 1.29 is 13.7 Å². The number of aryl methyl sites for hydroxylation is 1. The lowest BCUT2D eigenvalue weighted by Crippen LogP contribution is -2.48. The maximum Gasteiger partial charge on any atom is 0.233 e. The Kier molecular flexibility index (Phi) is 5.52. The summed E-state index contributed by atoms with van der Waals surface area (Å²) in [6.07, 6.45) is 0. The molecule has 0 bridgehead atoms. The molecule has 1 aromatic heterocycles. The van der Waals surface area contributed by atoms with E-state index in [9.17, 15) is 9.18 Å². The molecular formula is C17H20FN3O2S. The van der Waals surface area contributed by atoms with Gasteiger partial charge in [0.25, 0.3) is 0 Å². The lowest BCUT2D eigenvalue weighted by atomic mass is 10.3. The molecule has 2 heterocycles. The molecular weight excluding hydrogens is 329 g/mol. The van der Waals surface area contributed by atoms with Crippen molar-refractivity contribution in [2.75, 3.05) is 31.9 Å². The second kappa shape index (κ2) is 7.81. The third kappa shape index (κ3) is 4.58. The van der Waals surface area contributed by atoms with Gasteiger partial charge in [0.15, 0.2) is 0 Å². The standard InChI is InChI=1S/C17H20FN3O2S/c1-13-10-15(19-23-13)11-20-6-8-21(9-7-20)17(22)12-24-16-4-2-14(18)3-5-16/h2-5,10H,6-9,11-12H2,1H3. The number of hydrogen-bond donors (Lipinski definition) is 0. The molecule has 3 rings (SSSR count). The number of nitrogens with zero attached hydrogens (tertiary/aromatic N) is 3. The van der Waals surface area contributed by atoms with Crippen molar-refractivity contribution in [3.8, 4) is 0 Å². The van der Waals surface area contributed by atoms with Crippen LogP contribution in [0.5, 0.6) is 0 Å². The molecule has 24 heavy (non-hydrogen) atoms. The van der Waals surface area contributed by atoms with Gasteiger partial charge in [0, 0.05) is 43.7 Å². The van der Waals surface area contributed by atoms with E-state index in [0.717, 1.165) is 49.1 Å². The first-order valence-corrected chi connectivity index (χ1v) is 8.89. The normalized spacial score (nSPS) is 15.7. The van der Waals surface area contributed by atoms with Gasteiger partial charge in [0.1, 0.15) is 11.6 Å². The highest BCUT2D eigenvalue weighted by Gasteiger charge is 2.21. The third-order valence-electron chi connectivity index (χ3n) is 3.96. The molecule has 5 nitrogen and oxygen atoms in total. The fourth-order valence-corrected chi connectivity index (χ4v) is 3.45. The minimum absolute atomic E-state index is 0.126. The van der Waals surface area contributed by atoms with Crippen molar-refractivity contribution in [2.24, 2.45) is 0 Å². The van der Waals surface area contributed by atoms with Crippen molar-refractivity contribution in [1.29, 1.82) is 0 Å². The molecule has 0 radical (unpaired) electrons. The first-order chi connectivity index (χ1) is 11.6. The summed E-state index contributed by atoms with van der Waals surface area (Å²) in [5, 5.41) is 4.01. The molecule has 7 heteroatoms. The zero-order valence-electron chi connectivity index (χ0n) is 13.6. The van der Waals surface area contributed by atoms with Gasteiger partial charge in [0.2, 0.25) is 5.91 Å². The monoisotopic (exact) mass is 349 g/mol. The van der Waals surface area contributed by atoms with E-state index >= 15 is 0 Å². The second-order valence-corrected chi connectivity index (χ2v) is 6.88. The Morgan fingerprint density at radius 2 is 1.96 bits per heavy atom. The number of carbonyl (C=O) groups excluding carboxylic acids is 1. The molecule has 128 valence electrons. The van der Waals surface area contributed by atoms with Crippen LogP contribution in [0.1, 0.15) is 11.5 Å². The van der Waals surface area contributed by atoms with E-state index in [-0.39, 0.29) is 11.7 Å². The summed E-state index contributed by atoms with van der Waals surface area (Å²) in [5.74, 6) is 1.07. The number of hydrogen-bond acceptors (Lipinski definition) is 5. The van der Waals surface area contributed by atoms with Crippen LogP contribution in [0.4, 0.5) is 4.39 Å². The molecule has 0 aliphatic carbocycles. The van der Waals surface area contributed by atoms with Gasteiger partial charge in [-0.25, -0.2) is 4.39 Å². The van der Waals surface area contributed by atoms with E-state index in [4.69, 9.17) is 4.52 Å². The van der Waals surface area contributed by atoms with Gasteiger partial charge in [-0.05, 0) is 31.2 Å². The SMILES string of the molecule is Cc1cc(CN2CCN(C(=O)CSc3ccc(F)cc3)CC2)no1. The van der Waals surface area contributed by atoms with Crippen molar-refractivity contribution in [2.45, 2.75) is 18.4 Å². The molecule has 1 fully saturated rings. The first-order valence-electron chi connectivity index (χ1n) is 7.91. The van der Waals surface area contributed by atoms with Crippen LogP contribution in [0.3, 0.4) is 0 Å². The van der Waals surface area contributed by atoms with Gasteiger partial charge >= 0.3 is 0 Å². The smallest absolute Gasteiger partial charge is 0.233 e.